The van der Waals surface area contributed by atoms with Gasteiger partial charge in [0.05, 0.1) is 0 Å². The van der Waals surface area contributed by atoms with E-state index in [0.717, 1.165) is 6.42 Å². The van der Waals surface area contributed by atoms with Gasteiger partial charge in [0.25, 0.3) is 10.2 Å². The molecule has 2 N–H and O–H groups in total. The molecule has 0 aliphatic carbocycles. The molecule has 14 heavy (non-hydrogen) atoms. The minimum Gasteiger partial charge on any atom is -0.326 e. The summed E-state index contributed by atoms with van der Waals surface area (Å²) in [5.74, 6) is 0. The van der Waals surface area contributed by atoms with E-state index in [-0.39, 0.29) is 6.04 Å². The summed E-state index contributed by atoms with van der Waals surface area (Å²) >= 11 is 0. The van der Waals surface area contributed by atoms with Crippen molar-refractivity contribution in [3.63, 3.8) is 0 Å². The van der Waals surface area contributed by atoms with Crippen LogP contribution >= 0.6 is 0 Å². The first-order valence-corrected chi connectivity index (χ1v) is 6.42. The van der Waals surface area contributed by atoms with Gasteiger partial charge in [0.1, 0.15) is 0 Å². The summed E-state index contributed by atoms with van der Waals surface area (Å²) in [6, 6.07) is 0.000312. The summed E-state index contributed by atoms with van der Waals surface area (Å²) in [5.41, 5.74) is 5.68. The lowest BCUT2D eigenvalue weighted by Crippen LogP contribution is -2.43. The first-order chi connectivity index (χ1) is 6.52. The van der Waals surface area contributed by atoms with Crippen LogP contribution in [0.5, 0.6) is 0 Å². The third-order valence-electron chi connectivity index (χ3n) is 2.55. The zero-order valence-corrected chi connectivity index (χ0v) is 9.63. The lowest BCUT2D eigenvalue weighted by Gasteiger charge is -2.24. The van der Waals surface area contributed by atoms with Crippen LogP contribution in [0.25, 0.3) is 0 Å². The molecule has 5 nitrogen and oxygen atoms in total. The molecule has 6 heteroatoms. The molecule has 0 aromatic rings. The Kier molecular flexibility index (Phi) is 3.88. The molecule has 0 aromatic carbocycles. The molecule has 1 unspecified atom stereocenters. The Bertz CT molecular complexity index is 274. The molecule has 0 spiro atoms. The van der Waals surface area contributed by atoms with Crippen molar-refractivity contribution < 1.29 is 8.42 Å². The largest absolute Gasteiger partial charge is 0.326 e. The Hall–Kier alpha value is -0.170. The molecular weight excluding hydrogens is 202 g/mol. The van der Waals surface area contributed by atoms with Gasteiger partial charge >= 0.3 is 0 Å². The predicted octanol–water partition coefficient (Wildman–Crippen LogP) is -0.394. The van der Waals surface area contributed by atoms with E-state index in [1.54, 1.807) is 0 Å². The number of rotatable bonds is 4. The van der Waals surface area contributed by atoms with E-state index in [1.165, 1.54) is 8.61 Å². The average molecular weight is 221 g/mol. The second-order valence-electron chi connectivity index (χ2n) is 3.50. The maximum absolute atomic E-state index is 11.9. The van der Waals surface area contributed by atoms with Crippen molar-refractivity contribution in [3.8, 4) is 0 Å². The van der Waals surface area contributed by atoms with Crippen molar-refractivity contribution in [2.24, 2.45) is 5.73 Å². The van der Waals surface area contributed by atoms with Crippen molar-refractivity contribution in [2.75, 3.05) is 26.2 Å². The monoisotopic (exact) mass is 221 g/mol. The molecule has 0 radical (unpaired) electrons. The molecule has 1 atom stereocenters. The summed E-state index contributed by atoms with van der Waals surface area (Å²) in [6.45, 7) is 5.74. The summed E-state index contributed by atoms with van der Waals surface area (Å²) in [4.78, 5) is 0. The molecule has 1 heterocycles. The molecule has 0 saturated carbocycles. The van der Waals surface area contributed by atoms with Crippen molar-refractivity contribution >= 4 is 10.2 Å². The number of nitrogens with zero attached hydrogens (tertiary/aromatic N) is 2. The molecule has 1 fully saturated rings. The fourth-order valence-corrected chi connectivity index (χ4v) is 3.37. The van der Waals surface area contributed by atoms with Gasteiger partial charge in [-0.1, -0.05) is 13.8 Å². The second kappa shape index (κ2) is 4.57. The van der Waals surface area contributed by atoms with Gasteiger partial charge in [-0.05, 0) is 6.42 Å². The summed E-state index contributed by atoms with van der Waals surface area (Å²) < 4.78 is 26.8. The van der Waals surface area contributed by atoms with E-state index in [2.05, 4.69) is 0 Å². The van der Waals surface area contributed by atoms with Gasteiger partial charge in [0.15, 0.2) is 0 Å². The van der Waals surface area contributed by atoms with Crippen LogP contribution < -0.4 is 5.73 Å². The Balaban J connectivity index is 2.74. The molecule has 0 amide bonds. The predicted molar refractivity (Wildman–Crippen MR) is 56.0 cm³/mol. The third kappa shape index (κ3) is 2.25. The molecule has 1 saturated heterocycles. The smallest absolute Gasteiger partial charge is 0.282 e. The van der Waals surface area contributed by atoms with Gasteiger partial charge < -0.3 is 5.73 Å². The maximum Gasteiger partial charge on any atom is 0.282 e. The molecule has 0 bridgehead atoms. The number of hydrogen-bond donors (Lipinski definition) is 1. The Morgan fingerprint density at radius 1 is 1.43 bits per heavy atom. The van der Waals surface area contributed by atoms with E-state index < -0.39 is 10.2 Å². The van der Waals surface area contributed by atoms with Crippen LogP contribution in [0.2, 0.25) is 0 Å². The van der Waals surface area contributed by atoms with Gasteiger partial charge in [-0.25, -0.2) is 0 Å². The average Bonchev–Trinajstić information content (AvgIpc) is 2.54. The fourth-order valence-electron chi connectivity index (χ4n) is 1.68. The standard InChI is InChI=1S/C8H19N3O2S/c1-3-10(4-2)14(12,13)11-6-5-8(9)7-11/h8H,3-7,9H2,1-2H3. The summed E-state index contributed by atoms with van der Waals surface area (Å²) in [7, 11) is -3.25. The van der Waals surface area contributed by atoms with Crippen LogP contribution in [0.3, 0.4) is 0 Å². The minimum atomic E-state index is -3.25. The topological polar surface area (TPSA) is 66.6 Å². The first-order valence-electron chi connectivity index (χ1n) is 5.03. The molecule has 1 aliphatic heterocycles. The van der Waals surface area contributed by atoms with E-state index >= 15 is 0 Å². The zero-order valence-electron chi connectivity index (χ0n) is 8.81. The second-order valence-corrected chi connectivity index (χ2v) is 5.43. The highest BCUT2D eigenvalue weighted by Gasteiger charge is 2.32. The zero-order chi connectivity index (χ0) is 10.8. The highest BCUT2D eigenvalue weighted by molar-refractivity contribution is 7.86. The highest BCUT2D eigenvalue weighted by Crippen LogP contribution is 2.15. The van der Waals surface area contributed by atoms with Crippen molar-refractivity contribution in [1.29, 1.82) is 0 Å². The SMILES string of the molecule is CCN(CC)S(=O)(=O)N1CCC(N)C1. The molecular formula is C8H19N3O2S. The number of nitrogens with two attached hydrogens (primary N) is 1. The van der Waals surface area contributed by atoms with Crippen LogP contribution in [0.15, 0.2) is 0 Å². The highest BCUT2D eigenvalue weighted by atomic mass is 32.2. The quantitative estimate of drug-likeness (QED) is 0.703. The normalized spacial score (nSPS) is 24.7. The molecule has 0 aromatic heterocycles. The van der Waals surface area contributed by atoms with Gasteiger partial charge in [0, 0.05) is 32.2 Å². The van der Waals surface area contributed by atoms with Crippen LogP contribution in [0, 0.1) is 0 Å². The van der Waals surface area contributed by atoms with Crippen molar-refractivity contribution in [3.05, 3.63) is 0 Å². The van der Waals surface area contributed by atoms with Gasteiger partial charge in [-0.2, -0.15) is 17.0 Å². The third-order valence-corrected chi connectivity index (χ3v) is 4.70. The molecule has 1 rings (SSSR count). The van der Waals surface area contributed by atoms with Crippen molar-refractivity contribution in [1.82, 2.24) is 8.61 Å². The van der Waals surface area contributed by atoms with Gasteiger partial charge in [-0.3, -0.25) is 0 Å². The molecule has 1 aliphatic rings. The lowest BCUT2D eigenvalue weighted by atomic mass is 10.3. The Labute approximate surface area is 86.0 Å². The summed E-state index contributed by atoms with van der Waals surface area (Å²) in [6.07, 6.45) is 0.764. The maximum atomic E-state index is 11.9. The van der Waals surface area contributed by atoms with E-state index in [4.69, 9.17) is 5.73 Å². The first kappa shape index (κ1) is 11.9. The van der Waals surface area contributed by atoms with Crippen LogP contribution in [-0.2, 0) is 10.2 Å². The minimum absolute atomic E-state index is 0.000312. The lowest BCUT2D eigenvalue weighted by molar-refractivity contribution is 0.378. The van der Waals surface area contributed by atoms with Crippen molar-refractivity contribution in [2.45, 2.75) is 26.3 Å². The summed E-state index contributed by atoms with van der Waals surface area (Å²) in [5, 5.41) is 0. The van der Waals surface area contributed by atoms with Gasteiger partial charge in [-0.15, -0.1) is 0 Å². The van der Waals surface area contributed by atoms with Crippen LogP contribution in [0.4, 0.5) is 0 Å². The Morgan fingerprint density at radius 2 is 2.00 bits per heavy atom. The van der Waals surface area contributed by atoms with Gasteiger partial charge in [0.2, 0.25) is 0 Å². The Morgan fingerprint density at radius 3 is 2.36 bits per heavy atom. The molecule has 84 valence electrons. The van der Waals surface area contributed by atoms with E-state index in [0.29, 0.717) is 26.2 Å². The fraction of sp³-hybridized carbons (Fsp3) is 1.00. The van der Waals surface area contributed by atoms with Crippen LogP contribution in [-0.4, -0.2) is 49.2 Å². The van der Waals surface area contributed by atoms with E-state index in [9.17, 15) is 8.42 Å². The number of hydrogen-bond acceptors (Lipinski definition) is 3. The van der Waals surface area contributed by atoms with E-state index in [1.807, 2.05) is 13.8 Å². The van der Waals surface area contributed by atoms with Crippen LogP contribution in [0.1, 0.15) is 20.3 Å².